The van der Waals surface area contributed by atoms with Gasteiger partial charge in [-0.05, 0) is 42.8 Å². The van der Waals surface area contributed by atoms with E-state index in [-0.39, 0.29) is 9.10 Å². The fraction of sp³-hybridized carbons (Fsp3) is 0.333. The number of benzene rings is 1. The monoisotopic (exact) mass is 401 g/mol. The molecule has 7 nitrogen and oxygen atoms in total. The van der Waals surface area contributed by atoms with Crippen molar-refractivity contribution in [2.24, 2.45) is 0 Å². The number of anilines is 1. The van der Waals surface area contributed by atoms with E-state index in [4.69, 9.17) is 0 Å². The van der Waals surface area contributed by atoms with Gasteiger partial charge in [-0.2, -0.15) is 4.31 Å². The molecule has 1 saturated heterocycles. The van der Waals surface area contributed by atoms with E-state index in [1.165, 1.54) is 34.6 Å². The number of nitrogens with one attached hydrogen (secondary N) is 1. The van der Waals surface area contributed by atoms with Crippen LogP contribution in [0.15, 0.2) is 50.9 Å². The molecule has 1 aromatic heterocycles. The highest BCUT2D eigenvalue weighted by molar-refractivity contribution is 7.94. The van der Waals surface area contributed by atoms with Crippen molar-refractivity contribution in [3.8, 4) is 0 Å². The van der Waals surface area contributed by atoms with Crippen LogP contribution in [0.2, 0.25) is 0 Å². The predicted octanol–water partition coefficient (Wildman–Crippen LogP) is 1.48. The van der Waals surface area contributed by atoms with E-state index in [1.54, 1.807) is 11.4 Å². The highest BCUT2D eigenvalue weighted by Crippen LogP contribution is 2.23. The molecule has 0 radical (unpaired) electrons. The number of piperazine rings is 1. The van der Waals surface area contributed by atoms with Crippen LogP contribution >= 0.6 is 11.3 Å². The Labute approximate surface area is 152 Å². The molecule has 2 aromatic rings. The molecule has 1 aliphatic rings. The molecule has 25 heavy (non-hydrogen) atoms. The van der Waals surface area contributed by atoms with Crippen LogP contribution in [0.1, 0.15) is 0 Å². The van der Waals surface area contributed by atoms with Gasteiger partial charge < -0.3 is 4.90 Å². The third-order valence-corrected chi connectivity index (χ3v) is 8.66. The maximum absolute atomic E-state index is 12.6. The second-order valence-corrected chi connectivity index (χ2v) is 10.6. The van der Waals surface area contributed by atoms with E-state index in [1.807, 2.05) is 7.05 Å². The normalized spacial score (nSPS) is 17.5. The molecule has 3 rings (SSSR count). The smallest absolute Gasteiger partial charge is 0.271 e. The molecule has 136 valence electrons. The number of thiophene rings is 1. The number of sulfonamides is 2. The minimum absolute atomic E-state index is 0.163. The fourth-order valence-electron chi connectivity index (χ4n) is 2.49. The lowest BCUT2D eigenvalue weighted by molar-refractivity contribution is 0.222. The molecule has 0 unspecified atom stereocenters. The van der Waals surface area contributed by atoms with Crippen LogP contribution in [0.25, 0.3) is 0 Å². The lowest BCUT2D eigenvalue weighted by atomic mass is 10.3. The molecule has 0 bridgehead atoms. The molecular formula is C15H19N3O4S3. The Balaban J connectivity index is 1.76. The molecular weight excluding hydrogens is 382 g/mol. The van der Waals surface area contributed by atoms with Gasteiger partial charge in [0.05, 0.1) is 4.90 Å². The maximum Gasteiger partial charge on any atom is 0.271 e. The van der Waals surface area contributed by atoms with Crippen LogP contribution in [-0.4, -0.2) is 59.3 Å². The summed E-state index contributed by atoms with van der Waals surface area (Å²) in [5.41, 5.74) is 0.325. The summed E-state index contributed by atoms with van der Waals surface area (Å²) >= 11 is 1.12. The van der Waals surface area contributed by atoms with Crippen molar-refractivity contribution >= 4 is 37.1 Å². The lowest BCUT2D eigenvalue weighted by Gasteiger charge is -2.31. The summed E-state index contributed by atoms with van der Waals surface area (Å²) in [6, 6.07) is 8.96. The molecule has 0 saturated carbocycles. The molecule has 1 fully saturated rings. The molecule has 1 aromatic carbocycles. The standard InChI is InChI=1S/C15H19N3O4S3/c1-17-8-10-18(11-9-17)25(21,22)14-6-4-13(5-7-14)16-24(19,20)15-3-2-12-23-15/h2-7,12,16H,8-11H2,1H3. The van der Waals surface area contributed by atoms with Crippen LogP contribution in [0.5, 0.6) is 0 Å². The van der Waals surface area contributed by atoms with Gasteiger partial charge in [0, 0.05) is 31.9 Å². The van der Waals surface area contributed by atoms with Gasteiger partial charge >= 0.3 is 0 Å². The summed E-state index contributed by atoms with van der Waals surface area (Å²) in [7, 11) is -5.24. The van der Waals surface area contributed by atoms with Crippen molar-refractivity contribution in [3.05, 3.63) is 41.8 Å². The molecule has 1 N–H and O–H groups in total. The highest BCUT2D eigenvalue weighted by atomic mass is 32.2. The Morgan fingerprint density at radius 1 is 0.960 bits per heavy atom. The first-order valence-corrected chi connectivity index (χ1v) is 11.4. The first-order valence-electron chi connectivity index (χ1n) is 7.64. The van der Waals surface area contributed by atoms with E-state index in [2.05, 4.69) is 9.62 Å². The number of likely N-dealkylation sites (N-methyl/N-ethyl adjacent to an activating group) is 1. The zero-order valence-corrected chi connectivity index (χ0v) is 16.1. The SMILES string of the molecule is CN1CCN(S(=O)(=O)c2ccc(NS(=O)(=O)c3cccs3)cc2)CC1. The minimum atomic E-state index is -3.64. The Hall–Kier alpha value is -1.46. The number of nitrogens with zero attached hydrogens (tertiary/aromatic N) is 2. The molecule has 0 atom stereocenters. The van der Waals surface area contributed by atoms with E-state index >= 15 is 0 Å². The van der Waals surface area contributed by atoms with E-state index in [0.717, 1.165) is 11.3 Å². The van der Waals surface area contributed by atoms with Crippen LogP contribution < -0.4 is 4.72 Å². The van der Waals surface area contributed by atoms with Crippen molar-refractivity contribution in [3.63, 3.8) is 0 Å². The lowest BCUT2D eigenvalue weighted by Crippen LogP contribution is -2.46. The molecule has 2 heterocycles. The van der Waals surface area contributed by atoms with Crippen molar-refractivity contribution < 1.29 is 16.8 Å². The molecule has 0 spiro atoms. The average Bonchev–Trinajstić information content (AvgIpc) is 3.11. The van der Waals surface area contributed by atoms with Crippen molar-refractivity contribution in [1.82, 2.24) is 9.21 Å². The minimum Gasteiger partial charge on any atom is -0.304 e. The zero-order valence-electron chi connectivity index (χ0n) is 13.6. The summed E-state index contributed by atoms with van der Waals surface area (Å²) < 4.78 is 53.8. The predicted molar refractivity (Wildman–Crippen MR) is 97.8 cm³/mol. The molecule has 0 amide bonds. The number of hydrogen-bond donors (Lipinski definition) is 1. The number of hydrogen-bond acceptors (Lipinski definition) is 6. The second-order valence-electron chi connectivity index (χ2n) is 5.77. The largest absolute Gasteiger partial charge is 0.304 e. The van der Waals surface area contributed by atoms with Crippen molar-refractivity contribution in [2.45, 2.75) is 9.10 Å². The third-order valence-electron chi connectivity index (χ3n) is 3.97. The van der Waals surface area contributed by atoms with Gasteiger partial charge in [0.15, 0.2) is 0 Å². The third kappa shape index (κ3) is 4.04. The summed E-state index contributed by atoms with van der Waals surface area (Å²) in [4.78, 5) is 2.24. The van der Waals surface area contributed by atoms with Gasteiger partial charge in [0.25, 0.3) is 10.0 Å². The average molecular weight is 402 g/mol. The van der Waals surface area contributed by atoms with E-state index < -0.39 is 20.0 Å². The first-order chi connectivity index (χ1) is 11.8. The van der Waals surface area contributed by atoms with Gasteiger partial charge in [-0.3, -0.25) is 4.72 Å². The maximum atomic E-state index is 12.6. The molecule has 1 aliphatic heterocycles. The Bertz CT molecular complexity index is 915. The van der Waals surface area contributed by atoms with Gasteiger partial charge in [0.1, 0.15) is 4.21 Å². The Morgan fingerprint density at radius 3 is 2.16 bits per heavy atom. The summed E-state index contributed by atoms with van der Waals surface area (Å²) in [5.74, 6) is 0. The zero-order chi connectivity index (χ0) is 18.1. The molecule has 10 heteroatoms. The van der Waals surface area contributed by atoms with Gasteiger partial charge in [-0.25, -0.2) is 16.8 Å². The van der Waals surface area contributed by atoms with Crippen LogP contribution in [-0.2, 0) is 20.0 Å². The Kier molecular flexibility index (Phi) is 5.16. The van der Waals surface area contributed by atoms with Crippen LogP contribution in [0.3, 0.4) is 0 Å². The first kappa shape index (κ1) is 18.3. The summed E-state index contributed by atoms with van der Waals surface area (Å²) in [6.45, 7) is 2.28. The summed E-state index contributed by atoms with van der Waals surface area (Å²) in [5, 5.41) is 1.68. The van der Waals surface area contributed by atoms with E-state index in [9.17, 15) is 16.8 Å². The topological polar surface area (TPSA) is 86.8 Å². The van der Waals surface area contributed by atoms with Crippen LogP contribution in [0, 0.1) is 0 Å². The van der Waals surface area contributed by atoms with Gasteiger partial charge in [0.2, 0.25) is 10.0 Å². The second kappa shape index (κ2) is 7.04. The van der Waals surface area contributed by atoms with Gasteiger partial charge in [-0.15, -0.1) is 11.3 Å². The van der Waals surface area contributed by atoms with Gasteiger partial charge in [-0.1, -0.05) is 6.07 Å². The number of rotatable bonds is 5. The van der Waals surface area contributed by atoms with Crippen LogP contribution in [0.4, 0.5) is 5.69 Å². The highest BCUT2D eigenvalue weighted by Gasteiger charge is 2.27. The van der Waals surface area contributed by atoms with Crippen molar-refractivity contribution in [1.29, 1.82) is 0 Å². The van der Waals surface area contributed by atoms with E-state index in [0.29, 0.717) is 31.9 Å². The Morgan fingerprint density at radius 2 is 1.60 bits per heavy atom. The van der Waals surface area contributed by atoms with Crippen molar-refractivity contribution in [2.75, 3.05) is 37.9 Å². The molecule has 0 aliphatic carbocycles. The quantitative estimate of drug-likeness (QED) is 0.820. The fourth-order valence-corrected chi connectivity index (χ4v) is 5.97. The summed E-state index contributed by atoms with van der Waals surface area (Å²) in [6.07, 6.45) is 0.